The Morgan fingerprint density at radius 1 is 1.22 bits per heavy atom. The third-order valence-corrected chi connectivity index (χ3v) is 4.20. The van der Waals surface area contributed by atoms with Gasteiger partial charge in [0.05, 0.1) is 5.69 Å². The number of nitrogens with zero attached hydrogens (tertiary/aromatic N) is 2. The van der Waals surface area contributed by atoms with Gasteiger partial charge in [-0.25, -0.2) is 9.97 Å². The number of aromatic nitrogens is 2. The van der Waals surface area contributed by atoms with Crippen molar-refractivity contribution in [1.82, 2.24) is 9.97 Å². The molecule has 3 nitrogen and oxygen atoms in total. The minimum absolute atomic E-state index is 0.131. The second-order valence-corrected chi connectivity index (χ2v) is 6.01. The van der Waals surface area contributed by atoms with Crippen LogP contribution in [0.2, 0.25) is 0 Å². The largest absolute Gasteiger partial charge is 0.367 e. The standard InChI is InChI=1S/C15H25N3/c1-4-15(2,3)13-10-14(17-11-16-13)18-12-8-6-5-7-9-12/h10-12H,4-9H2,1-3H3,(H,16,17,18). The van der Waals surface area contributed by atoms with Crippen LogP contribution in [0.3, 0.4) is 0 Å². The lowest BCUT2D eigenvalue weighted by Gasteiger charge is -2.25. The summed E-state index contributed by atoms with van der Waals surface area (Å²) in [7, 11) is 0. The first kappa shape index (κ1) is 13.3. The van der Waals surface area contributed by atoms with Gasteiger partial charge in [0, 0.05) is 17.5 Å². The van der Waals surface area contributed by atoms with E-state index < -0.39 is 0 Å². The molecular formula is C15H25N3. The molecule has 1 heterocycles. The van der Waals surface area contributed by atoms with E-state index in [0.29, 0.717) is 6.04 Å². The predicted molar refractivity (Wildman–Crippen MR) is 75.8 cm³/mol. The Hall–Kier alpha value is -1.12. The molecule has 2 rings (SSSR count). The van der Waals surface area contributed by atoms with Crippen LogP contribution in [0.4, 0.5) is 5.82 Å². The topological polar surface area (TPSA) is 37.8 Å². The molecule has 0 spiro atoms. The molecule has 0 bridgehead atoms. The van der Waals surface area contributed by atoms with Crippen molar-refractivity contribution in [1.29, 1.82) is 0 Å². The second-order valence-electron chi connectivity index (χ2n) is 6.01. The molecule has 0 aliphatic heterocycles. The van der Waals surface area contributed by atoms with E-state index in [2.05, 4.69) is 42.1 Å². The van der Waals surface area contributed by atoms with Crippen LogP contribution in [0.5, 0.6) is 0 Å². The molecule has 0 saturated heterocycles. The maximum atomic E-state index is 4.42. The molecule has 1 aliphatic rings. The van der Waals surface area contributed by atoms with E-state index >= 15 is 0 Å². The van der Waals surface area contributed by atoms with Crippen LogP contribution in [0.25, 0.3) is 0 Å². The van der Waals surface area contributed by atoms with Gasteiger partial charge in [0.15, 0.2) is 0 Å². The van der Waals surface area contributed by atoms with Crippen LogP contribution in [0, 0.1) is 0 Å². The third kappa shape index (κ3) is 3.21. The van der Waals surface area contributed by atoms with Crippen LogP contribution in [0.1, 0.15) is 65.0 Å². The van der Waals surface area contributed by atoms with Crippen molar-refractivity contribution in [3.8, 4) is 0 Å². The summed E-state index contributed by atoms with van der Waals surface area (Å²) in [5.74, 6) is 0.994. The highest BCUT2D eigenvalue weighted by Crippen LogP contribution is 2.27. The Morgan fingerprint density at radius 2 is 1.94 bits per heavy atom. The van der Waals surface area contributed by atoms with Crippen LogP contribution >= 0.6 is 0 Å². The molecule has 1 saturated carbocycles. The van der Waals surface area contributed by atoms with Gasteiger partial charge in [-0.2, -0.15) is 0 Å². The molecule has 1 fully saturated rings. The Labute approximate surface area is 110 Å². The van der Waals surface area contributed by atoms with Crippen molar-refractivity contribution >= 4 is 5.82 Å². The summed E-state index contributed by atoms with van der Waals surface area (Å²) in [6.07, 6.45) is 9.40. The first-order valence-corrected chi connectivity index (χ1v) is 7.21. The molecule has 0 aromatic carbocycles. The molecule has 18 heavy (non-hydrogen) atoms. The fourth-order valence-electron chi connectivity index (χ4n) is 2.44. The number of rotatable bonds is 4. The van der Waals surface area contributed by atoms with Gasteiger partial charge in [-0.15, -0.1) is 0 Å². The molecule has 1 aromatic heterocycles. The number of nitrogens with one attached hydrogen (secondary N) is 1. The minimum atomic E-state index is 0.131. The van der Waals surface area contributed by atoms with Crippen molar-refractivity contribution in [3.63, 3.8) is 0 Å². The molecule has 0 radical (unpaired) electrons. The Morgan fingerprint density at radius 3 is 2.61 bits per heavy atom. The lowest BCUT2D eigenvalue weighted by molar-refractivity contribution is 0.460. The average Bonchev–Trinajstić information content (AvgIpc) is 2.40. The quantitative estimate of drug-likeness (QED) is 0.876. The SMILES string of the molecule is CCC(C)(C)c1cc(NC2CCCCC2)ncn1. The van der Waals surface area contributed by atoms with Gasteiger partial charge in [-0.3, -0.25) is 0 Å². The molecule has 100 valence electrons. The Bertz CT molecular complexity index is 381. The fraction of sp³-hybridized carbons (Fsp3) is 0.733. The summed E-state index contributed by atoms with van der Waals surface area (Å²) in [5, 5.41) is 3.57. The monoisotopic (exact) mass is 247 g/mol. The molecule has 0 unspecified atom stereocenters. The zero-order valence-corrected chi connectivity index (χ0v) is 11.9. The second kappa shape index (κ2) is 5.68. The summed E-state index contributed by atoms with van der Waals surface area (Å²) in [6, 6.07) is 2.73. The minimum Gasteiger partial charge on any atom is -0.367 e. The average molecular weight is 247 g/mol. The Kier molecular flexibility index (Phi) is 4.20. The van der Waals surface area contributed by atoms with Crippen molar-refractivity contribution in [2.45, 2.75) is 70.8 Å². The van der Waals surface area contributed by atoms with Crippen molar-refractivity contribution in [2.24, 2.45) is 0 Å². The molecule has 1 N–H and O–H groups in total. The van der Waals surface area contributed by atoms with Crippen LogP contribution in [-0.4, -0.2) is 16.0 Å². The van der Waals surface area contributed by atoms with Crippen LogP contribution < -0.4 is 5.32 Å². The number of anilines is 1. The van der Waals surface area contributed by atoms with E-state index in [1.165, 1.54) is 32.1 Å². The first-order chi connectivity index (χ1) is 8.62. The van der Waals surface area contributed by atoms with Crippen molar-refractivity contribution in [2.75, 3.05) is 5.32 Å². The van der Waals surface area contributed by atoms with Gasteiger partial charge >= 0.3 is 0 Å². The smallest absolute Gasteiger partial charge is 0.129 e. The van der Waals surface area contributed by atoms with E-state index in [4.69, 9.17) is 0 Å². The van der Waals surface area contributed by atoms with Crippen LogP contribution in [-0.2, 0) is 5.41 Å². The van der Waals surface area contributed by atoms with E-state index in [9.17, 15) is 0 Å². The van der Waals surface area contributed by atoms with Gasteiger partial charge in [0.2, 0.25) is 0 Å². The highest BCUT2D eigenvalue weighted by molar-refractivity contribution is 5.38. The molecule has 1 aromatic rings. The van der Waals surface area contributed by atoms with E-state index in [1.807, 2.05) is 0 Å². The van der Waals surface area contributed by atoms with Gasteiger partial charge in [-0.05, 0) is 19.3 Å². The lowest BCUT2D eigenvalue weighted by atomic mass is 9.86. The molecule has 1 aliphatic carbocycles. The summed E-state index contributed by atoms with van der Waals surface area (Å²) in [5.41, 5.74) is 1.27. The summed E-state index contributed by atoms with van der Waals surface area (Å²) in [6.45, 7) is 6.68. The van der Waals surface area contributed by atoms with Gasteiger partial charge in [0.1, 0.15) is 12.1 Å². The van der Waals surface area contributed by atoms with Gasteiger partial charge in [0.25, 0.3) is 0 Å². The predicted octanol–water partition coefficient (Wildman–Crippen LogP) is 3.91. The maximum absolute atomic E-state index is 4.42. The molecule has 3 heteroatoms. The summed E-state index contributed by atoms with van der Waals surface area (Å²) in [4.78, 5) is 8.78. The zero-order chi connectivity index (χ0) is 13.0. The molecular weight excluding hydrogens is 222 g/mol. The Balaban J connectivity index is 2.07. The highest BCUT2D eigenvalue weighted by atomic mass is 15.0. The molecule has 0 amide bonds. The van der Waals surface area contributed by atoms with E-state index in [0.717, 1.165) is 17.9 Å². The molecule has 0 atom stereocenters. The maximum Gasteiger partial charge on any atom is 0.129 e. The summed E-state index contributed by atoms with van der Waals surface area (Å²) >= 11 is 0. The fourth-order valence-corrected chi connectivity index (χ4v) is 2.44. The number of hydrogen-bond donors (Lipinski definition) is 1. The lowest BCUT2D eigenvalue weighted by Crippen LogP contribution is -2.24. The van der Waals surface area contributed by atoms with Gasteiger partial charge in [-0.1, -0.05) is 40.0 Å². The highest BCUT2D eigenvalue weighted by Gasteiger charge is 2.21. The van der Waals surface area contributed by atoms with Crippen LogP contribution in [0.15, 0.2) is 12.4 Å². The van der Waals surface area contributed by atoms with Crippen molar-refractivity contribution < 1.29 is 0 Å². The third-order valence-electron chi connectivity index (χ3n) is 4.20. The van der Waals surface area contributed by atoms with E-state index in [1.54, 1.807) is 6.33 Å². The first-order valence-electron chi connectivity index (χ1n) is 7.21. The summed E-state index contributed by atoms with van der Waals surface area (Å²) < 4.78 is 0. The zero-order valence-electron chi connectivity index (χ0n) is 11.9. The van der Waals surface area contributed by atoms with Crippen molar-refractivity contribution in [3.05, 3.63) is 18.1 Å². The van der Waals surface area contributed by atoms with Gasteiger partial charge < -0.3 is 5.32 Å². The normalized spacial score (nSPS) is 17.7. The van der Waals surface area contributed by atoms with E-state index in [-0.39, 0.29) is 5.41 Å². The number of hydrogen-bond acceptors (Lipinski definition) is 3.